The van der Waals surface area contributed by atoms with E-state index < -0.39 is 36.1 Å². The van der Waals surface area contributed by atoms with E-state index in [1.165, 1.54) is 13.4 Å². The summed E-state index contributed by atoms with van der Waals surface area (Å²) in [6, 6.07) is 6.36. The molecule has 0 bridgehead atoms. The Hall–Kier alpha value is -3.11. The molecular weight excluding hydrogens is 415 g/mol. The number of anilines is 2. The molecule has 10 heteroatoms. The van der Waals surface area contributed by atoms with Gasteiger partial charge in [-0.15, -0.1) is 0 Å². The molecule has 4 atom stereocenters. The summed E-state index contributed by atoms with van der Waals surface area (Å²) in [6.45, 7) is 0.162. The van der Waals surface area contributed by atoms with Crippen LogP contribution >= 0.6 is 0 Å². The number of halogens is 3. The second kappa shape index (κ2) is 7.86. The van der Waals surface area contributed by atoms with Crippen molar-refractivity contribution in [2.24, 2.45) is 0 Å². The van der Waals surface area contributed by atoms with Gasteiger partial charge in [0.1, 0.15) is 36.0 Å². The van der Waals surface area contributed by atoms with Gasteiger partial charge in [-0.3, -0.25) is 0 Å². The standard InChI is InChI=1S/C21H18F3N3O4/c1-28-16-5-11-14(6-17(16)31-18-8-30-19-13(24)7-29-20(18)19)25-9-26-21(11)27-15-4-10(22)2-3-12(15)23/h2-6,9,13,18-20H,7-8H2,1H3,(H,25,26,27)/t13-,18?,19+,20+/m1/s1. The molecule has 0 spiro atoms. The molecule has 2 aromatic carbocycles. The molecule has 5 rings (SSSR count). The highest BCUT2D eigenvalue weighted by Gasteiger charge is 2.49. The van der Waals surface area contributed by atoms with Crippen molar-refractivity contribution in [2.75, 3.05) is 25.6 Å². The smallest absolute Gasteiger partial charge is 0.164 e. The van der Waals surface area contributed by atoms with Crippen LogP contribution in [-0.2, 0) is 9.47 Å². The largest absolute Gasteiger partial charge is 0.493 e. The molecule has 162 valence electrons. The number of ether oxygens (including phenoxy) is 4. The maximum absolute atomic E-state index is 14.1. The van der Waals surface area contributed by atoms with Crippen molar-refractivity contribution in [2.45, 2.75) is 24.5 Å². The fourth-order valence-corrected chi connectivity index (χ4v) is 3.82. The minimum Gasteiger partial charge on any atom is -0.493 e. The van der Waals surface area contributed by atoms with Gasteiger partial charge in [-0.05, 0) is 18.2 Å². The van der Waals surface area contributed by atoms with E-state index in [9.17, 15) is 13.2 Å². The van der Waals surface area contributed by atoms with Crippen LogP contribution in [0.3, 0.4) is 0 Å². The van der Waals surface area contributed by atoms with Crippen LogP contribution in [0.4, 0.5) is 24.7 Å². The number of methoxy groups -OCH3 is 1. The number of nitrogens with zero attached hydrogens (tertiary/aromatic N) is 2. The van der Waals surface area contributed by atoms with E-state index in [0.29, 0.717) is 22.4 Å². The van der Waals surface area contributed by atoms with E-state index >= 15 is 0 Å². The first-order valence-corrected chi connectivity index (χ1v) is 9.62. The maximum atomic E-state index is 14.1. The predicted molar refractivity (Wildman–Crippen MR) is 105 cm³/mol. The van der Waals surface area contributed by atoms with Gasteiger partial charge in [0, 0.05) is 17.5 Å². The van der Waals surface area contributed by atoms with Gasteiger partial charge in [0.2, 0.25) is 0 Å². The fraction of sp³-hybridized carbons (Fsp3) is 0.333. The first-order valence-electron chi connectivity index (χ1n) is 9.62. The summed E-state index contributed by atoms with van der Waals surface area (Å²) >= 11 is 0. The number of hydrogen-bond donors (Lipinski definition) is 1. The zero-order chi connectivity index (χ0) is 21.5. The minimum atomic E-state index is -1.18. The van der Waals surface area contributed by atoms with E-state index in [4.69, 9.17) is 18.9 Å². The van der Waals surface area contributed by atoms with Gasteiger partial charge in [0.25, 0.3) is 0 Å². The lowest BCUT2D eigenvalue weighted by molar-refractivity contribution is 0.0271. The zero-order valence-corrected chi connectivity index (χ0v) is 16.3. The molecule has 0 amide bonds. The summed E-state index contributed by atoms with van der Waals surface area (Å²) in [6.07, 6.45) is -1.54. The van der Waals surface area contributed by atoms with Crippen molar-refractivity contribution in [3.63, 3.8) is 0 Å². The molecule has 0 saturated carbocycles. The van der Waals surface area contributed by atoms with Crippen LogP contribution in [-0.4, -0.2) is 54.8 Å². The average molecular weight is 433 g/mol. The first-order chi connectivity index (χ1) is 15.0. The monoisotopic (exact) mass is 433 g/mol. The highest BCUT2D eigenvalue weighted by Crippen LogP contribution is 2.38. The van der Waals surface area contributed by atoms with Crippen LogP contribution in [0.15, 0.2) is 36.7 Å². The lowest BCUT2D eigenvalue weighted by atomic mass is 10.1. The number of alkyl halides is 1. The van der Waals surface area contributed by atoms with Crippen LogP contribution in [0.1, 0.15) is 0 Å². The van der Waals surface area contributed by atoms with Crippen molar-refractivity contribution < 1.29 is 32.1 Å². The number of aromatic nitrogens is 2. The second-order valence-electron chi connectivity index (χ2n) is 7.26. The van der Waals surface area contributed by atoms with E-state index in [-0.39, 0.29) is 24.7 Å². The minimum absolute atomic E-state index is 0.0249. The van der Waals surface area contributed by atoms with E-state index in [2.05, 4.69) is 15.3 Å². The van der Waals surface area contributed by atoms with Gasteiger partial charge in [-0.1, -0.05) is 0 Å². The number of nitrogens with one attached hydrogen (secondary N) is 1. The molecule has 0 aliphatic carbocycles. The third-order valence-corrected chi connectivity index (χ3v) is 5.33. The SMILES string of the molecule is COc1cc2c(Nc3cc(F)ccc3F)ncnc2cc1OC1CO[C@H]2[C@H](F)CO[C@@H]12. The molecule has 1 N–H and O–H groups in total. The number of benzene rings is 2. The average Bonchev–Trinajstić information content (AvgIpc) is 3.33. The summed E-state index contributed by atoms with van der Waals surface area (Å²) in [4.78, 5) is 8.38. The van der Waals surface area contributed by atoms with Crippen molar-refractivity contribution in [3.05, 3.63) is 48.3 Å². The summed E-state index contributed by atoms with van der Waals surface area (Å²) in [5.41, 5.74) is 0.420. The summed E-state index contributed by atoms with van der Waals surface area (Å²) in [7, 11) is 1.47. The number of fused-ring (bicyclic) bond motifs is 2. The Morgan fingerprint density at radius 1 is 1.03 bits per heavy atom. The van der Waals surface area contributed by atoms with Gasteiger partial charge >= 0.3 is 0 Å². The Labute approximate surface area is 175 Å². The molecule has 7 nitrogen and oxygen atoms in total. The second-order valence-corrected chi connectivity index (χ2v) is 7.26. The highest BCUT2D eigenvalue weighted by atomic mass is 19.1. The third kappa shape index (κ3) is 3.61. The molecule has 2 fully saturated rings. The molecule has 2 aliphatic heterocycles. The first kappa shape index (κ1) is 19.8. The fourth-order valence-electron chi connectivity index (χ4n) is 3.82. The van der Waals surface area contributed by atoms with Crippen LogP contribution in [0.2, 0.25) is 0 Å². The normalized spacial score (nSPS) is 24.9. The molecule has 31 heavy (non-hydrogen) atoms. The summed E-state index contributed by atoms with van der Waals surface area (Å²) in [5.74, 6) is -0.209. The van der Waals surface area contributed by atoms with Crippen molar-refractivity contribution in [3.8, 4) is 11.5 Å². The van der Waals surface area contributed by atoms with Crippen LogP contribution in [0, 0.1) is 11.6 Å². The van der Waals surface area contributed by atoms with Crippen LogP contribution in [0.5, 0.6) is 11.5 Å². The molecule has 2 aliphatic rings. The highest BCUT2D eigenvalue weighted by molar-refractivity contribution is 5.93. The Balaban J connectivity index is 1.47. The van der Waals surface area contributed by atoms with Crippen molar-refractivity contribution >= 4 is 22.4 Å². The molecule has 1 aromatic heterocycles. The Kier molecular flexibility index (Phi) is 5.03. The Morgan fingerprint density at radius 2 is 1.87 bits per heavy atom. The van der Waals surface area contributed by atoms with Gasteiger partial charge in [-0.2, -0.15) is 0 Å². The van der Waals surface area contributed by atoms with Gasteiger partial charge < -0.3 is 24.3 Å². The summed E-state index contributed by atoms with van der Waals surface area (Å²) < 4.78 is 63.8. The number of rotatable bonds is 5. The molecule has 3 aromatic rings. The predicted octanol–water partition coefficient (Wildman–Crippen LogP) is 3.54. The van der Waals surface area contributed by atoms with E-state index in [1.807, 2.05) is 0 Å². The van der Waals surface area contributed by atoms with Crippen LogP contribution < -0.4 is 14.8 Å². The maximum Gasteiger partial charge on any atom is 0.164 e. The Morgan fingerprint density at radius 3 is 2.71 bits per heavy atom. The lowest BCUT2D eigenvalue weighted by Crippen LogP contribution is -2.33. The van der Waals surface area contributed by atoms with Crippen molar-refractivity contribution in [1.82, 2.24) is 9.97 Å². The Bertz CT molecular complexity index is 1130. The topological polar surface area (TPSA) is 74.7 Å². The van der Waals surface area contributed by atoms with Gasteiger partial charge in [0.05, 0.1) is 31.5 Å². The van der Waals surface area contributed by atoms with E-state index in [0.717, 1.165) is 18.2 Å². The third-order valence-electron chi connectivity index (χ3n) is 5.33. The quantitative estimate of drug-likeness (QED) is 0.660. The van der Waals surface area contributed by atoms with E-state index in [1.54, 1.807) is 12.1 Å². The molecule has 1 unspecified atom stereocenters. The van der Waals surface area contributed by atoms with Gasteiger partial charge in [0.15, 0.2) is 23.8 Å². The molecule has 0 radical (unpaired) electrons. The number of hydrogen-bond acceptors (Lipinski definition) is 7. The summed E-state index contributed by atoms with van der Waals surface area (Å²) in [5, 5.41) is 3.30. The van der Waals surface area contributed by atoms with Crippen molar-refractivity contribution in [1.29, 1.82) is 0 Å². The lowest BCUT2D eigenvalue weighted by Gasteiger charge is -2.20. The van der Waals surface area contributed by atoms with Crippen LogP contribution in [0.25, 0.3) is 10.9 Å². The molecular formula is C21H18F3N3O4. The zero-order valence-electron chi connectivity index (χ0n) is 16.3. The molecule has 3 heterocycles. The van der Waals surface area contributed by atoms with Gasteiger partial charge in [-0.25, -0.2) is 23.1 Å². The molecule has 2 saturated heterocycles.